The standard InChI is InChI=1S/CH4NO4P.Li/c2-1(3)7(4,5)6;/h(H2,2,3)(H2,4,5,6);/q;+1/p-1. The van der Waals surface area contributed by atoms with Crippen LogP contribution in [0.1, 0.15) is 1.43 Å². The van der Waals surface area contributed by atoms with Crippen LogP contribution in [0.25, 0.3) is 0 Å². The number of amides is 1. The van der Waals surface area contributed by atoms with Gasteiger partial charge in [0.05, 0.1) is 0 Å². The second-order valence-electron chi connectivity index (χ2n) is 0.836. The average Bonchev–Trinajstić information content (AvgIpc) is 1.31. The minimum Gasteiger partial charge on any atom is -0.804 e. The number of carbonyl (C=O) groups excluding carboxylic acids is 1. The van der Waals surface area contributed by atoms with Crippen molar-refractivity contribution in [2.24, 2.45) is 5.73 Å². The molecule has 0 spiro atoms. The summed E-state index contributed by atoms with van der Waals surface area (Å²) in [6.45, 7) is 0. The average molecular weight is 131 g/mol. The third-order valence-electron chi connectivity index (χ3n) is 0.270. The molecule has 2 N–H and O–H groups in total. The van der Waals surface area contributed by atoms with Gasteiger partial charge in [-0.25, -0.2) is 0 Å². The van der Waals surface area contributed by atoms with Crippen molar-refractivity contribution >= 4 is 13.2 Å². The Morgan fingerprint density at radius 3 is 1.75 bits per heavy atom. The number of hydrogen-bond acceptors (Lipinski definition) is 4. The van der Waals surface area contributed by atoms with Crippen molar-refractivity contribution < 1.29 is 39.4 Å². The SMILES string of the molecule is NC(=O)P(=O)([O-])[O-].[H+].[Li+]. The number of rotatable bonds is 1. The summed E-state index contributed by atoms with van der Waals surface area (Å²) in [5.41, 5.74) is 2.23. The molecule has 0 heterocycles. The van der Waals surface area contributed by atoms with Gasteiger partial charge in [-0.3, -0.25) is 4.79 Å². The van der Waals surface area contributed by atoms with Gasteiger partial charge in [-0.05, 0) is 0 Å². The van der Waals surface area contributed by atoms with Gasteiger partial charge in [-0.1, -0.05) is 0 Å². The van der Waals surface area contributed by atoms with Crippen molar-refractivity contribution in [2.75, 3.05) is 0 Å². The summed E-state index contributed by atoms with van der Waals surface area (Å²) in [6.07, 6.45) is 0. The molecule has 0 aliphatic carbocycles. The smallest absolute Gasteiger partial charge is 0.804 e. The van der Waals surface area contributed by atoms with Gasteiger partial charge >= 0.3 is 20.3 Å². The molecule has 8 heavy (non-hydrogen) atoms. The van der Waals surface area contributed by atoms with Crippen LogP contribution in [0.5, 0.6) is 0 Å². The third kappa shape index (κ3) is 4.38. The quantitative estimate of drug-likeness (QED) is 0.284. The zero-order valence-corrected chi connectivity index (χ0v) is 5.05. The number of primary amides is 1. The Hall–Kier alpha value is 0.217. The van der Waals surface area contributed by atoms with Crippen molar-refractivity contribution in [2.45, 2.75) is 0 Å². The number of nitrogens with two attached hydrogens (primary N) is 1. The van der Waals surface area contributed by atoms with Crippen LogP contribution in [0.4, 0.5) is 4.79 Å². The van der Waals surface area contributed by atoms with Crippen molar-refractivity contribution in [1.29, 1.82) is 0 Å². The molecule has 0 unspecified atom stereocenters. The maximum atomic E-state index is 9.35. The molecule has 0 atom stereocenters. The van der Waals surface area contributed by atoms with E-state index < -0.39 is 13.2 Å². The van der Waals surface area contributed by atoms with Gasteiger partial charge in [0, 0.05) is 7.60 Å². The predicted molar refractivity (Wildman–Crippen MR) is 18.3 cm³/mol. The Morgan fingerprint density at radius 2 is 1.75 bits per heavy atom. The molecular weight excluding hydrogens is 128 g/mol. The second-order valence-corrected chi connectivity index (χ2v) is 2.27. The van der Waals surface area contributed by atoms with E-state index in [1.54, 1.807) is 0 Å². The fourth-order valence-corrected chi connectivity index (χ4v) is 0. The van der Waals surface area contributed by atoms with Crippen LogP contribution < -0.4 is 34.4 Å². The van der Waals surface area contributed by atoms with Crippen LogP contribution in [0.15, 0.2) is 0 Å². The first-order valence-corrected chi connectivity index (χ1v) is 2.81. The van der Waals surface area contributed by atoms with Gasteiger partial charge < -0.3 is 20.1 Å². The maximum absolute atomic E-state index is 9.35. The molecule has 0 saturated carbocycles. The van der Waals surface area contributed by atoms with E-state index in [1.165, 1.54) is 0 Å². The zero-order chi connectivity index (χ0) is 6.08. The van der Waals surface area contributed by atoms with Crippen molar-refractivity contribution in [3.63, 3.8) is 0 Å². The number of hydrogen-bond donors (Lipinski definition) is 1. The molecule has 0 aromatic rings. The van der Waals surface area contributed by atoms with Crippen LogP contribution in [0, 0.1) is 0 Å². The molecule has 0 bridgehead atoms. The monoisotopic (exact) mass is 131 g/mol. The van der Waals surface area contributed by atoms with Gasteiger partial charge in [0.25, 0.3) is 0 Å². The molecule has 0 aliphatic rings. The molecule has 0 saturated heterocycles. The predicted octanol–water partition coefficient (Wildman–Crippen LogP) is -4.90. The van der Waals surface area contributed by atoms with Gasteiger partial charge in [0.1, 0.15) is 0 Å². The summed E-state index contributed by atoms with van der Waals surface area (Å²) in [5.74, 6) is 0. The second kappa shape index (κ2) is 3.28. The number of carbonyl (C=O) groups is 1. The van der Waals surface area contributed by atoms with Gasteiger partial charge in [-0.2, -0.15) is 0 Å². The summed E-state index contributed by atoms with van der Waals surface area (Å²) in [6, 6.07) is 0. The fourth-order valence-electron chi connectivity index (χ4n) is 0. The molecule has 42 valence electrons. The minimum atomic E-state index is -5.10. The van der Waals surface area contributed by atoms with E-state index in [0.717, 1.165) is 0 Å². The molecule has 0 radical (unpaired) electrons. The fraction of sp³-hybridized carbons (Fsp3) is 0. The molecule has 0 fully saturated rings. The zero-order valence-electron chi connectivity index (χ0n) is 5.16. The Kier molecular flexibility index (Phi) is 4.55. The van der Waals surface area contributed by atoms with E-state index in [4.69, 9.17) is 0 Å². The molecule has 1 amide bonds. The molecule has 5 nitrogen and oxygen atoms in total. The van der Waals surface area contributed by atoms with E-state index in [0.29, 0.717) is 0 Å². The van der Waals surface area contributed by atoms with E-state index in [1.807, 2.05) is 0 Å². The van der Waals surface area contributed by atoms with Crippen molar-refractivity contribution in [3.8, 4) is 0 Å². The van der Waals surface area contributed by atoms with E-state index in [9.17, 15) is 19.1 Å². The first kappa shape index (κ1) is 11.1. The molecule has 0 aromatic carbocycles. The van der Waals surface area contributed by atoms with Crippen molar-refractivity contribution in [3.05, 3.63) is 0 Å². The van der Waals surface area contributed by atoms with Crippen LogP contribution in [-0.4, -0.2) is 5.65 Å². The maximum Gasteiger partial charge on any atom is 1.00 e. The molecule has 0 aromatic heterocycles. The Bertz CT molecular complexity index is 133. The van der Waals surface area contributed by atoms with Gasteiger partial charge in [0.2, 0.25) is 5.65 Å². The van der Waals surface area contributed by atoms with Crippen molar-refractivity contribution in [1.82, 2.24) is 0 Å². The van der Waals surface area contributed by atoms with Crippen LogP contribution in [0.2, 0.25) is 0 Å². The van der Waals surface area contributed by atoms with E-state index in [2.05, 4.69) is 5.73 Å². The minimum absolute atomic E-state index is 0. The largest absolute Gasteiger partial charge is 1.00 e. The summed E-state index contributed by atoms with van der Waals surface area (Å²) in [7, 11) is -5.10. The topological polar surface area (TPSA) is 106 Å². The molecule has 0 aliphatic heterocycles. The van der Waals surface area contributed by atoms with E-state index >= 15 is 0 Å². The first-order chi connectivity index (χ1) is 2.94. The third-order valence-corrected chi connectivity index (χ3v) is 0.810. The summed E-state index contributed by atoms with van der Waals surface area (Å²) in [4.78, 5) is 28.0. The summed E-state index contributed by atoms with van der Waals surface area (Å²) in [5, 5.41) is 0. The van der Waals surface area contributed by atoms with Crippen LogP contribution in [-0.2, 0) is 4.57 Å². The van der Waals surface area contributed by atoms with Crippen LogP contribution >= 0.6 is 7.60 Å². The molecule has 7 heteroatoms. The Labute approximate surface area is 59.1 Å². The van der Waals surface area contributed by atoms with Crippen LogP contribution in [0.3, 0.4) is 0 Å². The molecular formula is CH3LiNO4P. The van der Waals surface area contributed by atoms with Gasteiger partial charge in [0.15, 0.2) is 0 Å². The first-order valence-electron chi connectivity index (χ1n) is 1.26. The summed E-state index contributed by atoms with van der Waals surface area (Å²) >= 11 is 0. The normalized spacial score (nSPS) is 9.75. The summed E-state index contributed by atoms with van der Waals surface area (Å²) < 4.78 is 9.33. The Morgan fingerprint density at radius 1 is 1.62 bits per heavy atom. The van der Waals surface area contributed by atoms with Gasteiger partial charge in [-0.15, -0.1) is 0 Å². The molecule has 0 rings (SSSR count). The van der Waals surface area contributed by atoms with E-state index in [-0.39, 0.29) is 20.3 Å². The Balaban J connectivity index is -0.000000180.